The molecule has 2 aromatic rings. The van der Waals surface area contributed by atoms with E-state index in [0.29, 0.717) is 32.3 Å². The van der Waals surface area contributed by atoms with E-state index in [1.54, 1.807) is 7.11 Å². The predicted molar refractivity (Wildman–Crippen MR) is 137 cm³/mol. The maximum absolute atomic E-state index is 6.74. The summed E-state index contributed by atoms with van der Waals surface area (Å²) < 4.78 is 37.1. The van der Waals surface area contributed by atoms with Crippen LogP contribution in [0.4, 0.5) is 0 Å². The molecular weight excluding hydrogens is 456 g/mol. The molecule has 5 rings (SSSR count). The van der Waals surface area contributed by atoms with Crippen molar-refractivity contribution in [3.05, 3.63) is 65.7 Å². The maximum Gasteiger partial charge on any atom is 0.171 e. The van der Waals surface area contributed by atoms with Crippen LogP contribution < -0.4 is 4.74 Å². The molecule has 0 unspecified atom stereocenters. The molecule has 6 heteroatoms. The third-order valence-corrected chi connectivity index (χ3v) is 8.06. The topological polar surface area (TPSA) is 55.4 Å². The zero-order valence-electron chi connectivity index (χ0n) is 21.8. The van der Waals surface area contributed by atoms with Crippen molar-refractivity contribution in [3.8, 4) is 5.75 Å². The van der Waals surface area contributed by atoms with Crippen LogP contribution in [0.25, 0.3) is 0 Å². The summed E-state index contributed by atoms with van der Waals surface area (Å²) >= 11 is 0. The molecule has 3 heterocycles. The lowest BCUT2D eigenvalue weighted by atomic mass is 9.79. The fourth-order valence-electron chi connectivity index (χ4n) is 5.89. The average molecular weight is 497 g/mol. The Balaban J connectivity index is 1.08. The van der Waals surface area contributed by atoms with Gasteiger partial charge in [-0.1, -0.05) is 49.4 Å². The van der Waals surface area contributed by atoms with Gasteiger partial charge in [0.2, 0.25) is 0 Å². The van der Waals surface area contributed by atoms with Crippen molar-refractivity contribution in [2.24, 2.45) is 5.92 Å². The van der Waals surface area contributed by atoms with Gasteiger partial charge in [-0.05, 0) is 55.9 Å². The van der Waals surface area contributed by atoms with E-state index in [9.17, 15) is 0 Å². The van der Waals surface area contributed by atoms with E-state index in [1.807, 2.05) is 42.5 Å². The van der Waals surface area contributed by atoms with Crippen LogP contribution >= 0.6 is 0 Å². The highest BCUT2D eigenvalue weighted by Crippen LogP contribution is 2.50. The Morgan fingerprint density at radius 3 is 2.22 bits per heavy atom. The monoisotopic (exact) mass is 496 g/mol. The highest BCUT2D eigenvalue weighted by Gasteiger charge is 2.57. The summed E-state index contributed by atoms with van der Waals surface area (Å²) in [5.74, 6) is 0.666. The first-order valence-corrected chi connectivity index (χ1v) is 13.3. The first-order chi connectivity index (χ1) is 17.5. The summed E-state index contributed by atoms with van der Waals surface area (Å²) in [6, 6.07) is 18.3. The molecule has 0 amide bonds. The number of hydrogen-bond donors (Lipinski definition) is 0. The van der Waals surface area contributed by atoms with Gasteiger partial charge >= 0.3 is 0 Å². The average Bonchev–Trinajstić information content (AvgIpc) is 3.19. The van der Waals surface area contributed by atoms with Crippen LogP contribution in [0.15, 0.2) is 54.6 Å². The SMILES string of the molecule is COc1ccc(COC[C@@H]2CC[C@H]3O[C@@]4(CC[C@]3(C)O2)O[C@@H](COCc2ccccc2)C[C@@H]4C)cc1. The van der Waals surface area contributed by atoms with Gasteiger partial charge < -0.3 is 28.4 Å². The van der Waals surface area contributed by atoms with Gasteiger partial charge in [-0.3, -0.25) is 0 Å². The van der Waals surface area contributed by atoms with Crippen molar-refractivity contribution in [2.75, 3.05) is 20.3 Å². The van der Waals surface area contributed by atoms with Crippen molar-refractivity contribution < 1.29 is 28.4 Å². The second-order valence-corrected chi connectivity index (χ2v) is 10.8. The molecule has 0 radical (unpaired) electrons. The summed E-state index contributed by atoms with van der Waals surface area (Å²) in [5.41, 5.74) is 2.01. The number of benzene rings is 2. The molecule has 6 atom stereocenters. The third-order valence-electron chi connectivity index (χ3n) is 8.06. The van der Waals surface area contributed by atoms with Gasteiger partial charge in [-0.15, -0.1) is 0 Å². The van der Waals surface area contributed by atoms with Crippen LogP contribution in [0.2, 0.25) is 0 Å². The minimum atomic E-state index is -0.522. The zero-order chi connectivity index (χ0) is 25.0. The Morgan fingerprint density at radius 1 is 0.806 bits per heavy atom. The minimum absolute atomic E-state index is 0.0375. The van der Waals surface area contributed by atoms with Gasteiger partial charge in [0.15, 0.2) is 5.79 Å². The number of hydrogen-bond acceptors (Lipinski definition) is 6. The molecule has 0 aliphatic carbocycles. The molecule has 2 aromatic carbocycles. The molecule has 1 spiro atoms. The van der Waals surface area contributed by atoms with E-state index < -0.39 is 5.79 Å². The van der Waals surface area contributed by atoms with Gasteiger partial charge in [0, 0.05) is 12.3 Å². The lowest BCUT2D eigenvalue weighted by Gasteiger charge is -2.53. The number of rotatable bonds is 9. The van der Waals surface area contributed by atoms with Crippen molar-refractivity contribution >= 4 is 0 Å². The zero-order valence-corrected chi connectivity index (χ0v) is 21.8. The van der Waals surface area contributed by atoms with E-state index in [0.717, 1.165) is 43.4 Å². The summed E-state index contributed by atoms with van der Waals surface area (Å²) in [5, 5.41) is 0. The van der Waals surface area contributed by atoms with Gasteiger partial charge in [0.1, 0.15) is 5.75 Å². The quantitative estimate of drug-likeness (QED) is 0.446. The Hall–Kier alpha value is -1.96. The van der Waals surface area contributed by atoms with Crippen LogP contribution in [0.3, 0.4) is 0 Å². The molecule has 6 nitrogen and oxygen atoms in total. The van der Waals surface area contributed by atoms with Crippen LogP contribution in [0.1, 0.15) is 57.1 Å². The molecule has 3 aliphatic rings. The summed E-state index contributed by atoms with van der Waals surface area (Å²) in [4.78, 5) is 0. The highest BCUT2D eigenvalue weighted by atomic mass is 16.7. The fraction of sp³-hybridized carbons (Fsp3) is 0.600. The maximum atomic E-state index is 6.74. The predicted octanol–water partition coefficient (Wildman–Crippen LogP) is 5.67. The van der Waals surface area contributed by atoms with Gasteiger partial charge in [-0.2, -0.15) is 0 Å². The largest absolute Gasteiger partial charge is 0.497 e. The minimum Gasteiger partial charge on any atom is -0.497 e. The van der Waals surface area contributed by atoms with Crippen molar-refractivity contribution in [3.63, 3.8) is 0 Å². The van der Waals surface area contributed by atoms with Gasteiger partial charge in [-0.25, -0.2) is 0 Å². The molecule has 196 valence electrons. The Kier molecular flexibility index (Phi) is 7.99. The van der Waals surface area contributed by atoms with Gasteiger partial charge in [0.25, 0.3) is 0 Å². The molecule has 3 fully saturated rings. The van der Waals surface area contributed by atoms with Crippen molar-refractivity contribution in [2.45, 2.75) is 88.9 Å². The molecule has 0 N–H and O–H groups in total. The van der Waals surface area contributed by atoms with Gasteiger partial charge in [0.05, 0.1) is 57.5 Å². The second-order valence-electron chi connectivity index (χ2n) is 10.8. The van der Waals surface area contributed by atoms with Crippen molar-refractivity contribution in [1.82, 2.24) is 0 Å². The lowest BCUT2D eigenvalue weighted by Crippen LogP contribution is -2.60. The van der Waals surface area contributed by atoms with Crippen LogP contribution in [0, 0.1) is 5.92 Å². The van der Waals surface area contributed by atoms with Crippen LogP contribution in [-0.2, 0) is 36.9 Å². The lowest BCUT2D eigenvalue weighted by molar-refractivity contribution is -0.346. The first kappa shape index (κ1) is 25.7. The summed E-state index contributed by atoms with van der Waals surface area (Å²) in [6.45, 7) is 6.81. The van der Waals surface area contributed by atoms with E-state index in [-0.39, 0.29) is 23.9 Å². The smallest absolute Gasteiger partial charge is 0.171 e. The molecule has 0 aromatic heterocycles. The third kappa shape index (κ3) is 5.79. The second kappa shape index (κ2) is 11.2. The van der Waals surface area contributed by atoms with E-state index in [4.69, 9.17) is 28.4 Å². The van der Waals surface area contributed by atoms with Crippen LogP contribution in [0.5, 0.6) is 5.75 Å². The highest BCUT2D eigenvalue weighted by molar-refractivity contribution is 5.26. The number of fused-ring (bicyclic) bond motifs is 1. The molecule has 3 aliphatic heterocycles. The summed E-state index contributed by atoms with van der Waals surface area (Å²) in [6.07, 6.45) is 4.80. The molecule has 36 heavy (non-hydrogen) atoms. The fourth-order valence-corrected chi connectivity index (χ4v) is 5.89. The molecular formula is C30H40O6. The Labute approximate surface area is 215 Å². The number of ether oxygens (including phenoxy) is 6. The number of methoxy groups -OCH3 is 1. The van der Waals surface area contributed by atoms with Crippen LogP contribution in [-0.4, -0.2) is 50.0 Å². The standard InChI is InChI=1S/C30H40O6/c1-22-17-27(21-33-18-23-7-5-4-6-8-23)35-30(22)16-15-29(2)28(36-30)14-13-26(34-29)20-32-19-24-9-11-25(31-3)12-10-24/h4-12,22,26-28H,13-21H2,1-3H3/t22-,26-,27+,28+,29-,30+/m0/s1. The van der Waals surface area contributed by atoms with E-state index >= 15 is 0 Å². The van der Waals surface area contributed by atoms with E-state index in [2.05, 4.69) is 26.0 Å². The Morgan fingerprint density at radius 2 is 1.50 bits per heavy atom. The normalized spacial score (nSPS) is 34.0. The molecule has 0 bridgehead atoms. The molecule has 3 saturated heterocycles. The van der Waals surface area contributed by atoms with E-state index in [1.165, 1.54) is 5.56 Å². The summed E-state index contributed by atoms with van der Waals surface area (Å²) in [7, 11) is 1.68. The molecule has 0 saturated carbocycles. The van der Waals surface area contributed by atoms with Crippen molar-refractivity contribution in [1.29, 1.82) is 0 Å². The Bertz CT molecular complexity index is 965. The first-order valence-electron chi connectivity index (χ1n) is 13.3.